The fourth-order valence-electron chi connectivity index (χ4n) is 2.54. The molecule has 0 atom stereocenters. The molecule has 25 heavy (non-hydrogen) atoms. The molecule has 0 heterocycles. The summed E-state index contributed by atoms with van der Waals surface area (Å²) in [5.74, 6) is -0.631. The van der Waals surface area contributed by atoms with Crippen molar-refractivity contribution in [3.8, 4) is 0 Å². The summed E-state index contributed by atoms with van der Waals surface area (Å²) < 4.78 is 0. The van der Waals surface area contributed by atoms with Gasteiger partial charge in [0.2, 0.25) is 0 Å². The summed E-state index contributed by atoms with van der Waals surface area (Å²) in [5, 5.41) is 10.1. The number of halogens is 1. The number of aliphatic hydroxyl groups excluding tert-OH is 1. The first-order valence-electron chi connectivity index (χ1n) is 7.67. The Kier molecular flexibility index (Phi) is 5.88. The number of aliphatic imine (C=N–C) groups is 1. The molecule has 0 bridgehead atoms. The van der Waals surface area contributed by atoms with E-state index >= 15 is 0 Å². The number of hydrogen-bond donors (Lipinski definition) is 1. The van der Waals surface area contributed by atoms with Crippen molar-refractivity contribution in [3.63, 3.8) is 0 Å². The quantitative estimate of drug-likeness (QED) is 0.352. The van der Waals surface area contributed by atoms with Crippen molar-refractivity contribution in [2.75, 3.05) is 0 Å². The van der Waals surface area contributed by atoms with Gasteiger partial charge in [-0.2, -0.15) is 0 Å². The van der Waals surface area contributed by atoms with E-state index in [1.54, 1.807) is 49.4 Å². The Labute approximate surface area is 151 Å². The molecule has 0 spiro atoms. The Bertz CT molecular complexity index is 879. The van der Waals surface area contributed by atoms with Crippen molar-refractivity contribution in [3.05, 3.63) is 76.0 Å². The molecule has 5 heteroatoms. The molecule has 0 aliphatic rings. The van der Waals surface area contributed by atoms with E-state index in [9.17, 15) is 14.7 Å². The van der Waals surface area contributed by atoms with E-state index in [2.05, 4.69) is 4.99 Å². The third-order valence-corrected chi connectivity index (χ3v) is 3.84. The molecule has 2 rings (SSSR count). The molecule has 1 N–H and O–H groups in total. The van der Waals surface area contributed by atoms with E-state index in [4.69, 9.17) is 11.6 Å². The third kappa shape index (κ3) is 4.43. The Morgan fingerprint density at radius 1 is 1.00 bits per heavy atom. The van der Waals surface area contributed by atoms with Crippen LogP contribution in [0.3, 0.4) is 0 Å². The van der Waals surface area contributed by atoms with Gasteiger partial charge in [-0.15, -0.1) is 0 Å². The largest absolute Gasteiger partial charge is 0.512 e. The van der Waals surface area contributed by atoms with Crippen LogP contribution in [-0.4, -0.2) is 22.4 Å². The molecule has 4 nitrogen and oxygen atoms in total. The number of nitrogens with zero attached hydrogens (tertiary/aromatic N) is 1. The lowest BCUT2D eigenvalue weighted by Crippen LogP contribution is -2.10. The van der Waals surface area contributed by atoms with Crippen LogP contribution in [0.15, 0.2) is 64.9 Å². The summed E-state index contributed by atoms with van der Waals surface area (Å²) in [4.78, 5) is 28.9. The Hall–Kier alpha value is -2.72. The number of aliphatic hydroxyl groups is 1. The van der Waals surface area contributed by atoms with E-state index in [1.807, 2.05) is 6.07 Å². The SMILES string of the molecule is CC(=O)/C(C(C)=Nc1ccc(Cl)cc1C(=O)c1ccccc1)=C(\C)O. The van der Waals surface area contributed by atoms with Gasteiger partial charge in [0.1, 0.15) is 5.76 Å². The molecule has 0 aliphatic heterocycles. The van der Waals surface area contributed by atoms with Gasteiger partial charge in [-0.05, 0) is 39.0 Å². The smallest absolute Gasteiger partial charge is 0.195 e. The van der Waals surface area contributed by atoms with Gasteiger partial charge in [0, 0.05) is 16.1 Å². The molecule has 0 unspecified atom stereocenters. The topological polar surface area (TPSA) is 66.7 Å². The molecule has 0 aromatic heterocycles. The lowest BCUT2D eigenvalue weighted by atomic mass is 10.0. The van der Waals surface area contributed by atoms with Crippen LogP contribution in [0.25, 0.3) is 0 Å². The number of ketones is 2. The number of allylic oxidation sites excluding steroid dienone is 2. The van der Waals surface area contributed by atoms with E-state index in [0.717, 1.165) is 0 Å². The molecule has 0 saturated carbocycles. The van der Waals surface area contributed by atoms with Crippen LogP contribution in [0.4, 0.5) is 5.69 Å². The second-order valence-corrected chi connectivity index (χ2v) is 6.01. The predicted molar refractivity (Wildman–Crippen MR) is 100 cm³/mol. The fraction of sp³-hybridized carbons (Fsp3) is 0.150. The third-order valence-electron chi connectivity index (χ3n) is 3.60. The molecular weight excluding hydrogens is 338 g/mol. The van der Waals surface area contributed by atoms with Crippen molar-refractivity contribution >= 4 is 34.6 Å². The van der Waals surface area contributed by atoms with Gasteiger partial charge in [0.25, 0.3) is 0 Å². The van der Waals surface area contributed by atoms with Gasteiger partial charge in [-0.25, -0.2) is 0 Å². The standard InChI is InChI=1S/C20H18ClNO3/c1-12(19(13(2)23)14(3)24)22-18-10-9-16(21)11-17(18)20(25)15-7-5-4-6-8-15/h4-11,23H,1-3H3/b19-13+,22-12?. The maximum absolute atomic E-state index is 12.8. The highest BCUT2D eigenvalue weighted by Crippen LogP contribution is 2.27. The highest BCUT2D eigenvalue weighted by molar-refractivity contribution is 6.31. The molecule has 0 fully saturated rings. The number of Topliss-reactive ketones (excluding diaryl/α,β-unsaturated/α-hetero) is 1. The summed E-state index contributed by atoms with van der Waals surface area (Å²) in [6.45, 7) is 4.39. The van der Waals surface area contributed by atoms with E-state index in [-0.39, 0.29) is 22.9 Å². The Morgan fingerprint density at radius 2 is 1.64 bits per heavy atom. The number of benzene rings is 2. The molecule has 2 aromatic rings. The second-order valence-electron chi connectivity index (χ2n) is 5.57. The average molecular weight is 356 g/mol. The fourth-order valence-corrected chi connectivity index (χ4v) is 2.71. The summed E-state index contributed by atoms with van der Waals surface area (Å²) in [7, 11) is 0. The monoisotopic (exact) mass is 355 g/mol. The Balaban J connectivity index is 2.57. The van der Waals surface area contributed by atoms with Gasteiger partial charge in [-0.3, -0.25) is 14.6 Å². The van der Waals surface area contributed by atoms with Crippen LogP contribution in [0.1, 0.15) is 36.7 Å². The first-order chi connectivity index (χ1) is 11.8. The van der Waals surface area contributed by atoms with Crippen LogP contribution in [0, 0.1) is 0 Å². The van der Waals surface area contributed by atoms with Crippen molar-refractivity contribution in [1.29, 1.82) is 0 Å². The number of hydrogen-bond acceptors (Lipinski definition) is 4. The zero-order chi connectivity index (χ0) is 18.6. The van der Waals surface area contributed by atoms with Crippen LogP contribution in [0.5, 0.6) is 0 Å². The summed E-state index contributed by atoms with van der Waals surface area (Å²) in [6.07, 6.45) is 0. The first kappa shape index (κ1) is 18.6. The molecule has 0 amide bonds. The van der Waals surface area contributed by atoms with E-state index in [0.29, 0.717) is 27.5 Å². The lowest BCUT2D eigenvalue weighted by Gasteiger charge is -2.09. The number of rotatable bonds is 5. The van der Waals surface area contributed by atoms with E-state index < -0.39 is 0 Å². The maximum Gasteiger partial charge on any atom is 0.195 e. The zero-order valence-electron chi connectivity index (χ0n) is 14.2. The van der Waals surface area contributed by atoms with Gasteiger partial charge in [-0.1, -0.05) is 41.9 Å². The van der Waals surface area contributed by atoms with Gasteiger partial charge >= 0.3 is 0 Å². The normalized spacial score (nSPS) is 12.6. The minimum Gasteiger partial charge on any atom is -0.512 e. The minimum atomic E-state index is -0.300. The van der Waals surface area contributed by atoms with Gasteiger partial charge < -0.3 is 5.11 Å². The predicted octanol–water partition coefficient (Wildman–Crippen LogP) is 5.08. The van der Waals surface area contributed by atoms with Crippen molar-refractivity contribution in [2.45, 2.75) is 20.8 Å². The van der Waals surface area contributed by atoms with Crippen LogP contribution in [-0.2, 0) is 4.79 Å². The first-order valence-corrected chi connectivity index (χ1v) is 8.04. The van der Waals surface area contributed by atoms with Crippen molar-refractivity contribution < 1.29 is 14.7 Å². The van der Waals surface area contributed by atoms with Crippen molar-refractivity contribution in [1.82, 2.24) is 0 Å². The molecule has 128 valence electrons. The molecule has 0 radical (unpaired) electrons. The summed E-state index contributed by atoms with van der Waals surface area (Å²) in [6, 6.07) is 13.6. The Morgan fingerprint density at radius 3 is 2.20 bits per heavy atom. The van der Waals surface area contributed by atoms with E-state index in [1.165, 1.54) is 13.8 Å². The van der Waals surface area contributed by atoms with Crippen LogP contribution in [0.2, 0.25) is 5.02 Å². The van der Waals surface area contributed by atoms with Gasteiger partial charge in [0.15, 0.2) is 11.6 Å². The number of carbonyl (C=O) groups excluding carboxylic acids is 2. The highest BCUT2D eigenvalue weighted by atomic mass is 35.5. The van der Waals surface area contributed by atoms with Gasteiger partial charge in [0.05, 0.1) is 17.0 Å². The minimum absolute atomic E-state index is 0.112. The van der Waals surface area contributed by atoms with Crippen LogP contribution < -0.4 is 0 Å². The summed E-state index contributed by atoms with van der Waals surface area (Å²) in [5.41, 5.74) is 1.69. The highest BCUT2D eigenvalue weighted by Gasteiger charge is 2.16. The lowest BCUT2D eigenvalue weighted by molar-refractivity contribution is -0.113. The summed E-state index contributed by atoms with van der Waals surface area (Å²) >= 11 is 6.04. The average Bonchev–Trinajstić information content (AvgIpc) is 2.56. The number of carbonyl (C=O) groups is 2. The van der Waals surface area contributed by atoms with Crippen LogP contribution >= 0.6 is 11.6 Å². The second kappa shape index (κ2) is 7.90. The molecular formula is C20H18ClNO3. The zero-order valence-corrected chi connectivity index (χ0v) is 15.0. The molecule has 2 aromatic carbocycles. The van der Waals surface area contributed by atoms with Crippen molar-refractivity contribution in [2.24, 2.45) is 4.99 Å². The maximum atomic E-state index is 12.8. The molecule has 0 aliphatic carbocycles. The molecule has 0 saturated heterocycles.